The van der Waals surface area contributed by atoms with Gasteiger partial charge >= 0.3 is 5.97 Å². The lowest BCUT2D eigenvalue weighted by Crippen LogP contribution is -2.14. The number of carboxylic acids is 1. The van der Waals surface area contributed by atoms with Crippen molar-refractivity contribution >= 4 is 44.5 Å². The van der Waals surface area contributed by atoms with E-state index in [0.717, 1.165) is 11.1 Å². The Morgan fingerprint density at radius 1 is 0.947 bits per heavy atom. The number of allylic oxidation sites excluding steroid dienone is 1. The second kappa shape index (κ2) is 9.24. The van der Waals surface area contributed by atoms with Gasteiger partial charge in [-0.15, -0.1) is 0 Å². The van der Waals surface area contributed by atoms with Crippen molar-refractivity contribution in [2.45, 2.75) is 17.7 Å². The quantitative estimate of drug-likeness (QED) is 0.307. The van der Waals surface area contributed by atoms with Crippen LogP contribution in [0.15, 0.2) is 88.4 Å². The first-order valence-electron chi connectivity index (χ1n) is 11.7. The van der Waals surface area contributed by atoms with Crippen molar-refractivity contribution in [1.29, 1.82) is 0 Å². The highest BCUT2D eigenvalue weighted by Crippen LogP contribution is 2.38. The number of carbonyl (C=O) groups is 1. The number of anilines is 1. The summed E-state index contributed by atoms with van der Waals surface area (Å²) in [7, 11) is -3.84. The highest BCUT2D eigenvalue weighted by Gasteiger charge is 2.27. The van der Waals surface area contributed by atoms with Crippen LogP contribution in [0.25, 0.3) is 33.9 Å². The third kappa shape index (κ3) is 4.31. The number of rotatable bonds is 6. The van der Waals surface area contributed by atoms with Crippen LogP contribution in [0.1, 0.15) is 33.8 Å². The molecule has 0 saturated carbocycles. The van der Waals surface area contributed by atoms with E-state index >= 15 is 0 Å². The maximum atomic E-state index is 12.6. The van der Waals surface area contributed by atoms with Crippen LogP contribution in [0.2, 0.25) is 0 Å². The molecule has 0 amide bonds. The highest BCUT2D eigenvalue weighted by molar-refractivity contribution is 7.92. The number of aromatic carboxylic acids is 1. The number of fused-ring (bicyclic) bond motifs is 2. The minimum Gasteiger partial charge on any atom is -0.478 e. The van der Waals surface area contributed by atoms with Gasteiger partial charge in [0, 0.05) is 23.3 Å². The molecule has 3 heterocycles. The Morgan fingerprint density at radius 3 is 2.47 bits per heavy atom. The predicted octanol–water partition coefficient (Wildman–Crippen LogP) is 5.27. The molecule has 0 fully saturated rings. The van der Waals surface area contributed by atoms with Crippen molar-refractivity contribution in [2.75, 3.05) is 4.72 Å². The summed E-state index contributed by atoms with van der Waals surface area (Å²) >= 11 is 0. The maximum absolute atomic E-state index is 12.6. The molecule has 0 bridgehead atoms. The van der Waals surface area contributed by atoms with E-state index in [2.05, 4.69) is 14.7 Å². The fourth-order valence-corrected chi connectivity index (χ4v) is 5.57. The number of furan rings is 1. The third-order valence-corrected chi connectivity index (χ3v) is 7.68. The molecule has 6 rings (SSSR count). The van der Waals surface area contributed by atoms with Gasteiger partial charge in [0.25, 0.3) is 10.0 Å². The summed E-state index contributed by atoms with van der Waals surface area (Å²) in [5.41, 5.74) is 3.97. The van der Waals surface area contributed by atoms with Gasteiger partial charge in [0.05, 0.1) is 21.7 Å². The van der Waals surface area contributed by atoms with Crippen LogP contribution in [0.5, 0.6) is 0 Å². The van der Waals surface area contributed by atoms with Crippen LogP contribution >= 0.6 is 0 Å². The fraction of sp³-hybridized carbons (Fsp3) is 0.0714. The molecule has 1 aliphatic carbocycles. The number of hydrogen-bond donors (Lipinski definition) is 2. The summed E-state index contributed by atoms with van der Waals surface area (Å²) < 4.78 is 33.6. The van der Waals surface area contributed by atoms with Crippen molar-refractivity contribution < 1.29 is 22.7 Å². The van der Waals surface area contributed by atoms with Crippen molar-refractivity contribution in [1.82, 2.24) is 15.0 Å². The first-order valence-corrected chi connectivity index (χ1v) is 13.2. The Labute approximate surface area is 217 Å². The molecular formula is C28H20N4O5S. The first kappa shape index (κ1) is 23.6. The van der Waals surface area contributed by atoms with E-state index in [1.54, 1.807) is 30.3 Å². The van der Waals surface area contributed by atoms with Gasteiger partial charge in [0.2, 0.25) is 5.95 Å². The van der Waals surface area contributed by atoms with Gasteiger partial charge in [-0.2, -0.15) is 0 Å². The lowest BCUT2D eigenvalue weighted by atomic mass is 10.0. The average Bonchev–Trinajstić information content (AvgIpc) is 3.55. The molecule has 5 aromatic rings. The number of pyridine rings is 1. The maximum Gasteiger partial charge on any atom is 0.336 e. The zero-order valence-electron chi connectivity index (χ0n) is 19.8. The second-order valence-corrected chi connectivity index (χ2v) is 10.4. The average molecular weight is 525 g/mol. The van der Waals surface area contributed by atoms with E-state index in [9.17, 15) is 18.3 Å². The summed E-state index contributed by atoms with van der Waals surface area (Å²) in [5.74, 6) is 0.190. The monoisotopic (exact) mass is 524 g/mol. The van der Waals surface area contributed by atoms with Crippen molar-refractivity contribution in [3.8, 4) is 11.3 Å². The topological polar surface area (TPSA) is 135 Å². The van der Waals surface area contributed by atoms with Crippen LogP contribution in [0, 0.1) is 0 Å². The molecule has 1 aliphatic rings. The Hall–Kier alpha value is -4.83. The van der Waals surface area contributed by atoms with Crippen LogP contribution in [-0.4, -0.2) is 34.4 Å². The number of aromatic nitrogens is 3. The largest absolute Gasteiger partial charge is 0.478 e. The molecule has 9 nitrogen and oxygen atoms in total. The summed E-state index contributed by atoms with van der Waals surface area (Å²) in [6.45, 7) is 0. The molecule has 3 aromatic heterocycles. The SMILES string of the molecule is O=C(O)c1c2c(nc3ccccc13)C(=Cc1ccc(-c3ccc(S(=O)(=O)Nc4ncccn4)cc3)o1)CC2. The molecule has 0 aliphatic heterocycles. The molecular weight excluding hydrogens is 504 g/mol. The molecule has 0 saturated heterocycles. The van der Waals surface area contributed by atoms with Crippen LogP contribution < -0.4 is 4.72 Å². The molecule has 38 heavy (non-hydrogen) atoms. The smallest absolute Gasteiger partial charge is 0.336 e. The van der Waals surface area contributed by atoms with Gasteiger partial charge in [0.15, 0.2) is 0 Å². The molecule has 10 heteroatoms. The van der Waals surface area contributed by atoms with Gasteiger partial charge < -0.3 is 9.52 Å². The lowest BCUT2D eigenvalue weighted by Gasteiger charge is -2.09. The summed E-state index contributed by atoms with van der Waals surface area (Å²) in [4.78, 5) is 24.7. The van der Waals surface area contributed by atoms with Crippen LogP contribution in [0.4, 0.5) is 5.95 Å². The molecule has 0 unspecified atom stereocenters. The van der Waals surface area contributed by atoms with Gasteiger partial charge in [-0.05, 0) is 78.6 Å². The number of sulfonamides is 1. The number of nitrogens with zero attached hydrogens (tertiary/aromatic N) is 3. The minimum atomic E-state index is -3.84. The second-order valence-electron chi connectivity index (χ2n) is 8.71. The normalized spacial score (nSPS) is 14.1. The molecule has 0 atom stereocenters. The zero-order valence-corrected chi connectivity index (χ0v) is 20.6. The number of hydrogen-bond acceptors (Lipinski definition) is 7. The molecule has 188 valence electrons. The van der Waals surface area contributed by atoms with Crippen molar-refractivity contribution in [3.63, 3.8) is 0 Å². The molecule has 2 N–H and O–H groups in total. The fourth-order valence-electron chi connectivity index (χ4n) is 4.61. The summed E-state index contributed by atoms with van der Waals surface area (Å²) in [6.07, 6.45) is 6.02. The molecule has 0 spiro atoms. The van der Waals surface area contributed by atoms with Crippen LogP contribution in [-0.2, 0) is 16.4 Å². The molecule has 0 radical (unpaired) electrons. The zero-order chi connectivity index (χ0) is 26.3. The number of benzene rings is 2. The number of carboxylic acid groups (broad SMARTS) is 1. The summed E-state index contributed by atoms with van der Waals surface area (Å²) in [6, 6.07) is 18.8. The Bertz CT molecular complexity index is 1830. The van der Waals surface area contributed by atoms with E-state index in [1.165, 1.54) is 24.5 Å². The van der Waals surface area contributed by atoms with Crippen molar-refractivity contribution in [3.05, 3.63) is 102 Å². The Morgan fingerprint density at radius 2 is 1.71 bits per heavy atom. The third-order valence-electron chi connectivity index (χ3n) is 6.34. The van der Waals surface area contributed by atoms with E-state index in [1.807, 2.05) is 30.3 Å². The van der Waals surface area contributed by atoms with E-state index in [0.29, 0.717) is 52.1 Å². The van der Waals surface area contributed by atoms with E-state index in [4.69, 9.17) is 9.40 Å². The van der Waals surface area contributed by atoms with Crippen LogP contribution in [0.3, 0.4) is 0 Å². The Kier molecular flexibility index (Phi) is 5.73. The van der Waals surface area contributed by atoms with E-state index in [-0.39, 0.29) is 10.8 Å². The van der Waals surface area contributed by atoms with Gasteiger partial charge in [-0.1, -0.05) is 18.2 Å². The number of para-hydroxylation sites is 1. The van der Waals surface area contributed by atoms with Gasteiger partial charge in [-0.25, -0.2) is 32.9 Å². The number of nitrogens with one attached hydrogen (secondary N) is 1. The van der Waals surface area contributed by atoms with Gasteiger partial charge in [-0.3, -0.25) is 0 Å². The Balaban J connectivity index is 1.27. The molecule has 2 aromatic carbocycles. The van der Waals surface area contributed by atoms with Gasteiger partial charge in [0.1, 0.15) is 11.5 Å². The standard InChI is InChI=1S/C28H20N4O5S/c33-27(34)25-21-4-1-2-5-23(21)31-26-18(8-12-22(25)26)16-19-9-13-24(37-19)17-6-10-20(11-7-17)38(35,36)32-28-29-14-3-15-30-28/h1-7,9-11,13-16H,8,12H2,(H,33,34)(H,29,30,32). The predicted molar refractivity (Wildman–Crippen MR) is 142 cm³/mol. The van der Waals surface area contributed by atoms with Crippen molar-refractivity contribution in [2.24, 2.45) is 0 Å². The minimum absolute atomic E-state index is 0.00765. The van der Waals surface area contributed by atoms with E-state index < -0.39 is 16.0 Å². The lowest BCUT2D eigenvalue weighted by molar-refractivity contribution is 0.0698. The highest BCUT2D eigenvalue weighted by atomic mass is 32.2. The summed E-state index contributed by atoms with van der Waals surface area (Å²) in [5, 5.41) is 10.5. The first-order chi connectivity index (χ1) is 18.4.